The third-order valence-corrected chi connectivity index (χ3v) is 2.55. The van der Waals surface area contributed by atoms with Crippen LogP contribution in [0.25, 0.3) is 0 Å². The maximum atomic E-state index is 5.50. The van der Waals surface area contributed by atoms with Gasteiger partial charge in [0.25, 0.3) is 0 Å². The highest BCUT2D eigenvalue weighted by atomic mass is 32.1. The zero-order valence-corrected chi connectivity index (χ0v) is 10.3. The molecule has 1 aromatic rings. The highest BCUT2D eigenvalue weighted by molar-refractivity contribution is 7.15. The van der Waals surface area contributed by atoms with Crippen LogP contribution < -0.4 is 5.73 Å². The van der Waals surface area contributed by atoms with E-state index in [0.717, 1.165) is 24.7 Å². The summed E-state index contributed by atoms with van der Waals surface area (Å²) in [6.07, 6.45) is 0.288. The normalized spacial score (nSPS) is 11.5. The van der Waals surface area contributed by atoms with E-state index >= 15 is 0 Å². The molecular formula is C9H18N4OS. The molecule has 86 valence electrons. The van der Waals surface area contributed by atoms with Crippen LogP contribution in [0.3, 0.4) is 0 Å². The van der Waals surface area contributed by atoms with E-state index in [-0.39, 0.29) is 6.10 Å². The van der Waals surface area contributed by atoms with Crippen LogP contribution in [-0.2, 0) is 11.3 Å². The van der Waals surface area contributed by atoms with Gasteiger partial charge >= 0.3 is 0 Å². The number of hydrogen-bond acceptors (Lipinski definition) is 6. The van der Waals surface area contributed by atoms with Crippen LogP contribution in [0.5, 0.6) is 0 Å². The molecule has 0 saturated carbocycles. The second-order valence-corrected chi connectivity index (χ2v) is 4.79. The Hall–Kier alpha value is -0.720. The minimum atomic E-state index is 0.288. The SMILES string of the molecule is CC(C)OCCN(C)Cc1nnc(N)s1. The Labute approximate surface area is 94.2 Å². The summed E-state index contributed by atoms with van der Waals surface area (Å²) in [6.45, 7) is 6.47. The number of nitrogens with two attached hydrogens (primary N) is 1. The number of nitrogen functional groups attached to an aromatic ring is 1. The van der Waals surface area contributed by atoms with E-state index in [1.54, 1.807) is 0 Å². The van der Waals surface area contributed by atoms with Crippen LogP contribution in [0.15, 0.2) is 0 Å². The Bertz CT molecular complexity index is 289. The molecule has 0 saturated heterocycles. The Morgan fingerprint density at radius 2 is 2.20 bits per heavy atom. The highest BCUT2D eigenvalue weighted by Gasteiger charge is 2.05. The number of nitrogens with zero attached hydrogens (tertiary/aromatic N) is 3. The molecule has 2 N–H and O–H groups in total. The lowest BCUT2D eigenvalue weighted by Crippen LogP contribution is -2.23. The van der Waals surface area contributed by atoms with Crippen molar-refractivity contribution >= 4 is 16.5 Å². The average molecular weight is 230 g/mol. The second-order valence-electron chi connectivity index (χ2n) is 3.69. The Kier molecular flexibility index (Phi) is 4.93. The Morgan fingerprint density at radius 3 is 2.73 bits per heavy atom. The van der Waals surface area contributed by atoms with Crippen molar-refractivity contribution in [3.63, 3.8) is 0 Å². The molecule has 15 heavy (non-hydrogen) atoms. The van der Waals surface area contributed by atoms with Crippen LogP contribution in [0.2, 0.25) is 0 Å². The molecular weight excluding hydrogens is 212 g/mol. The minimum Gasteiger partial charge on any atom is -0.377 e. The molecule has 1 aromatic heterocycles. The quantitative estimate of drug-likeness (QED) is 0.789. The lowest BCUT2D eigenvalue weighted by molar-refractivity contribution is 0.0626. The summed E-state index contributed by atoms with van der Waals surface area (Å²) >= 11 is 1.43. The van der Waals surface area contributed by atoms with Crippen molar-refractivity contribution in [1.82, 2.24) is 15.1 Å². The summed E-state index contributed by atoms with van der Waals surface area (Å²) in [5, 5.41) is 9.20. The fourth-order valence-electron chi connectivity index (χ4n) is 1.08. The van der Waals surface area contributed by atoms with Crippen molar-refractivity contribution in [1.29, 1.82) is 0 Å². The zero-order chi connectivity index (χ0) is 11.3. The molecule has 0 amide bonds. The average Bonchev–Trinajstić information content (AvgIpc) is 2.50. The van der Waals surface area contributed by atoms with Gasteiger partial charge in [0, 0.05) is 6.54 Å². The minimum absolute atomic E-state index is 0.288. The van der Waals surface area contributed by atoms with Crippen molar-refractivity contribution in [2.75, 3.05) is 25.9 Å². The smallest absolute Gasteiger partial charge is 0.203 e. The fraction of sp³-hybridized carbons (Fsp3) is 0.778. The molecule has 0 aromatic carbocycles. The standard InChI is InChI=1S/C9H18N4OS/c1-7(2)14-5-4-13(3)6-8-11-12-9(10)15-8/h7H,4-6H2,1-3H3,(H2,10,12). The van der Waals surface area contributed by atoms with Gasteiger partial charge in [-0.15, -0.1) is 10.2 Å². The third-order valence-electron chi connectivity index (χ3n) is 1.81. The van der Waals surface area contributed by atoms with Crippen molar-refractivity contribution in [3.05, 3.63) is 5.01 Å². The number of hydrogen-bond donors (Lipinski definition) is 1. The fourth-order valence-corrected chi connectivity index (χ4v) is 1.77. The van der Waals surface area contributed by atoms with Crippen LogP contribution in [0.1, 0.15) is 18.9 Å². The molecule has 1 rings (SSSR count). The van der Waals surface area contributed by atoms with E-state index in [2.05, 4.69) is 15.1 Å². The zero-order valence-electron chi connectivity index (χ0n) is 9.43. The van der Waals surface area contributed by atoms with Crippen molar-refractivity contribution in [2.24, 2.45) is 0 Å². The number of ether oxygens (including phenoxy) is 1. The lowest BCUT2D eigenvalue weighted by atomic mass is 10.5. The molecule has 0 aliphatic carbocycles. The number of likely N-dealkylation sites (N-methyl/N-ethyl adjacent to an activating group) is 1. The van der Waals surface area contributed by atoms with Gasteiger partial charge in [-0.25, -0.2) is 0 Å². The summed E-state index contributed by atoms with van der Waals surface area (Å²) in [4.78, 5) is 2.14. The van der Waals surface area contributed by atoms with Gasteiger partial charge in [-0.2, -0.15) is 0 Å². The Balaban J connectivity index is 2.21. The molecule has 6 heteroatoms. The van der Waals surface area contributed by atoms with E-state index < -0.39 is 0 Å². The first-order valence-electron chi connectivity index (χ1n) is 4.96. The van der Waals surface area contributed by atoms with Gasteiger partial charge in [-0.05, 0) is 20.9 Å². The van der Waals surface area contributed by atoms with Gasteiger partial charge in [-0.3, -0.25) is 4.90 Å². The van der Waals surface area contributed by atoms with Crippen LogP contribution in [-0.4, -0.2) is 41.4 Å². The number of rotatable bonds is 6. The summed E-state index contributed by atoms with van der Waals surface area (Å²) in [5.41, 5.74) is 5.50. The van der Waals surface area contributed by atoms with E-state index in [1.165, 1.54) is 11.3 Å². The first-order chi connectivity index (χ1) is 7.08. The number of aromatic nitrogens is 2. The summed E-state index contributed by atoms with van der Waals surface area (Å²) in [5.74, 6) is 0. The molecule has 0 bridgehead atoms. The van der Waals surface area contributed by atoms with Gasteiger partial charge in [0.05, 0.1) is 19.3 Å². The molecule has 0 fully saturated rings. The molecule has 0 atom stereocenters. The van der Waals surface area contributed by atoms with Crippen molar-refractivity contribution < 1.29 is 4.74 Å². The first kappa shape index (κ1) is 12.4. The summed E-state index contributed by atoms with van der Waals surface area (Å²) in [6, 6.07) is 0. The molecule has 5 nitrogen and oxygen atoms in total. The number of anilines is 1. The third kappa shape index (κ3) is 5.06. The summed E-state index contributed by atoms with van der Waals surface area (Å²) < 4.78 is 5.46. The van der Waals surface area contributed by atoms with Gasteiger partial charge in [-0.1, -0.05) is 11.3 Å². The van der Waals surface area contributed by atoms with E-state index in [9.17, 15) is 0 Å². The van der Waals surface area contributed by atoms with Crippen LogP contribution >= 0.6 is 11.3 Å². The second kappa shape index (κ2) is 5.99. The van der Waals surface area contributed by atoms with E-state index in [4.69, 9.17) is 10.5 Å². The van der Waals surface area contributed by atoms with Gasteiger partial charge < -0.3 is 10.5 Å². The molecule has 0 spiro atoms. The van der Waals surface area contributed by atoms with Gasteiger partial charge in [0.15, 0.2) is 0 Å². The molecule has 0 unspecified atom stereocenters. The largest absolute Gasteiger partial charge is 0.377 e. The predicted octanol–water partition coefficient (Wildman–Crippen LogP) is 0.977. The van der Waals surface area contributed by atoms with E-state index in [0.29, 0.717) is 5.13 Å². The molecule has 1 heterocycles. The summed E-state index contributed by atoms with van der Waals surface area (Å²) in [7, 11) is 2.03. The van der Waals surface area contributed by atoms with Crippen LogP contribution in [0.4, 0.5) is 5.13 Å². The molecule has 0 aliphatic rings. The van der Waals surface area contributed by atoms with Crippen molar-refractivity contribution in [3.8, 4) is 0 Å². The maximum Gasteiger partial charge on any atom is 0.203 e. The predicted molar refractivity (Wildman–Crippen MR) is 61.7 cm³/mol. The van der Waals surface area contributed by atoms with Gasteiger partial charge in [0.1, 0.15) is 5.01 Å². The molecule has 0 radical (unpaired) electrons. The Morgan fingerprint density at radius 1 is 1.47 bits per heavy atom. The monoisotopic (exact) mass is 230 g/mol. The van der Waals surface area contributed by atoms with Crippen molar-refractivity contribution in [2.45, 2.75) is 26.5 Å². The molecule has 0 aliphatic heterocycles. The van der Waals surface area contributed by atoms with E-state index in [1.807, 2.05) is 20.9 Å². The highest BCUT2D eigenvalue weighted by Crippen LogP contribution is 2.12. The topological polar surface area (TPSA) is 64.3 Å². The van der Waals surface area contributed by atoms with Crippen LogP contribution in [0, 0.1) is 0 Å². The maximum absolute atomic E-state index is 5.50. The lowest BCUT2D eigenvalue weighted by Gasteiger charge is -2.15. The first-order valence-corrected chi connectivity index (χ1v) is 5.77. The van der Waals surface area contributed by atoms with Gasteiger partial charge in [0.2, 0.25) is 5.13 Å².